The molecule has 26 heavy (non-hydrogen) atoms. The second-order valence-electron chi connectivity index (χ2n) is 6.26. The SMILES string of the molecule is CC1(c2c(F)cc(Cl)cc2F)Oc2cccc(C3=CCC(O)OC3)c2O1. The normalized spacial score (nSPS) is 24.5. The summed E-state index contributed by atoms with van der Waals surface area (Å²) in [5.41, 5.74) is 1.14. The fraction of sp³-hybridized carbons (Fsp3) is 0.263. The molecule has 4 nitrogen and oxygen atoms in total. The first-order valence-corrected chi connectivity index (χ1v) is 8.40. The molecule has 0 fully saturated rings. The van der Waals surface area contributed by atoms with Gasteiger partial charge in [-0.1, -0.05) is 29.8 Å². The lowest BCUT2D eigenvalue weighted by Gasteiger charge is -2.25. The third-order valence-corrected chi connectivity index (χ3v) is 4.60. The molecule has 0 aromatic heterocycles. The zero-order valence-electron chi connectivity index (χ0n) is 13.8. The summed E-state index contributed by atoms with van der Waals surface area (Å²) in [5, 5.41) is 9.42. The van der Waals surface area contributed by atoms with Crippen LogP contribution in [0.2, 0.25) is 5.02 Å². The van der Waals surface area contributed by atoms with Crippen LogP contribution in [0, 0.1) is 11.6 Å². The van der Waals surface area contributed by atoms with E-state index in [2.05, 4.69) is 0 Å². The van der Waals surface area contributed by atoms with Crippen LogP contribution in [0.4, 0.5) is 8.78 Å². The van der Waals surface area contributed by atoms with Crippen LogP contribution in [-0.4, -0.2) is 18.0 Å². The van der Waals surface area contributed by atoms with Crippen LogP contribution < -0.4 is 9.47 Å². The highest BCUT2D eigenvalue weighted by atomic mass is 35.5. The Bertz CT molecular complexity index is 891. The lowest BCUT2D eigenvalue weighted by molar-refractivity contribution is -0.0885. The average molecular weight is 381 g/mol. The molecule has 0 spiro atoms. The van der Waals surface area contributed by atoms with Gasteiger partial charge in [0.25, 0.3) is 5.79 Å². The number of hydrogen-bond donors (Lipinski definition) is 1. The second kappa shape index (κ2) is 6.23. The summed E-state index contributed by atoms with van der Waals surface area (Å²) >= 11 is 5.70. The van der Waals surface area contributed by atoms with Gasteiger partial charge in [0.1, 0.15) is 17.2 Å². The van der Waals surface area contributed by atoms with Crippen molar-refractivity contribution in [2.45, 2.75) is 25.4 Å². The zero-order valence-corrected chi connectivity index (χ0v) is 14.5. The first kappa shape index (κ1) is 17.3. The summed E-state index contributed by atoms with van der Waals surface area (Å²) in [6, 6.07) is 7.25. The summed E-state index contributed by atoms with van der Waals surface area (Å²) in [6.45, 7) is 1.64. The van der Waals surface area contributed by atoms with E-state index in [0.29, 0.717) is 23.5 Å². The van der Waals surface area contributed by atoms with Crippen LogP contribution in [0.25, 0.3) is 5.57 Å². The van der Waals surface area contributed by atoms with E-state index >= 15 is 0 Å². The molecular weight excluding hydrogens is 366 g/mol. The van der Waals surface area contributed by atoms with E-state index in [4.69, 9.17) is 25.8 Å². The van der Waals surface area contributed by atoms with Crippen molar-refractivity contribution >= 4 is 17.2 Å². The molecule has 7 heteroatoms. The number of halogens is 3. The fourth-order valence-corrected chi connectivity index (χ4v) is 3.39. The maximum absolute atomic E-state index is 14.4. The van der Waals surface area contributed by atoms with Crippen molar-refractivity contribution in [1.29, 1.82) is 0 Å². The summed E-state index contributed by atoms with van der Waals surface area (Å²) in [6.07, 6.45) is 1.35. The van der Waals surface area contributed by atoms with Crippen LogP contribution in [0.1, 0.15) is 24.5 Å². The van der Waals surface area contributed by atoms with E-state index in [1.165, 1.54) is 6.92 Å². The highest BCUT2D eigenvalue weighted by Crippen LogP contribution is 2.49. The predicted molar refractivity (Wildman–Crippen MR) is 91.0 cm³/mol. The molecule has 0 aliphatic carbocycles. The Morgan fingerprint density at radius 1 is 1.19 bits per heavy atom. The van der Waals surface area contributed by atoms with Gasteiger partial charge in [-0.3, -0.25) is 0 Å². The number of fused-ring (bicyclic) bond motifs is 1. The maximum atomic E-state index is 14.4. The molecule has 2 heterocycles. The Labute approximate surface area is 153 Å². The average Bonchev–Trinajstić information content (AvgIpc) is 2.91. The monoisotopic (exact) mass is 380 g/mol. The molecule has 2 aromatic carbocycles. The van der Waals surface area contributed by atoms with Crippen molar-refractivity contribution in [3.8, 4) is 11.5 Å². The van der Waals surface area contributed by atoms with Crippen molar-refractivity contribution in [3.63, 3.8) is 0 Å². The Morgan fingerprint density at radius 2 is 1.92 bits per heavy atom. The van der Waals surface area contributed by atoms with Crippen molar-refractivity contribution in [2.24, 2.45) is 0 Å². The largest absolute Gasteiger partial charge is 0.444 e. The first-order valence-electron chi connectivity index (χ1n) is 8.02. The molecule has 2 aliphatic rings. The maximum Gasteiger partial charge on any atom is 0.281 e. The number of aliphatic hydroxyl groups is 1. The van der Waals surface area contributed by atoms with Crippen LogP contribution in [0.5, 0.6) is 11.5 Å². The molecule has 2 aromatic rings. The lowest BCUT2D eigenvalue weighted by Crippen LogP contribution is -2.34. The van der Waals surface area contributed by atoms with Gasteiger partial charge < -0.3 is 19.3 Å². The molecule has 0 radical (unpaired) electrons. The lowest BCUT2D eigenvalue weighted by atomic mass is 10.0. The predicted octanol–water partition coefficient (Wildman–Crippen LogP) is 4.38. The number of rotatable bonds is 2. The van der Waals surface area contributed by atoms with Gasteiger partial charge in [0, 0.05) is 23.9 Å². The highest BCUT2D eigenvalue weighted by Gasteiger charge is 2.44. The number of ether oxygens (including phenoxy) is 3. The van der Waals surface area contributed by atoms with E-state index in [-0.39, 0.29) is 17.2 Å². The standard InChI is InChI=1S/C19H15ClF2O4/c1-19(17-13(21)7-11(20)8-14(17)22)25-15-4-2-3-12(18(15)26-19)10-5-6-16(23)24-9-10/h2-5,7-8,16,23H,6,9H2,1H3. The Balaban J connectivity index is 1.75. The van der Waals surface area contributed by atoms with E-state index in [0.717, 1.165) is 17.7 Å². The third kappa shape index (κ3) is 2.84. The smallest absolute Gasteiger partial charge is 0.281 e. The summed E-state index contributed by atoms with van der Waals surface area (Å²) < 4.78 is 45.7. The first-order chi connectivity index (χ1) is 12.4. The van der Waals surface area contributed by atoms with Crippen molar-refractivity contribution in [1.82, 2.24) is 0 Å². The van der Waals surface area contributed by atoms with Crippen LogP contribution in [0.15, 0.2) is 36.4 Å². The second-order valence-corrected chi connectivity index (χ2v) is 6.69. The highest BCUT2D eigenvalue weighted by molar-refractivity contribution is 6.30. The minimum absolute atomic E-state index is 0.0494. The number of benzene rings is 2. The number of para-hydroxylation sites is 1. The van der Waals surface area contributed by atoms with Crippen molar-refractivity contribution in [3.05, 3.63) is 64.2 Å². The summed E-state index contributed by atoms with van der Waals surface area (Å²) in [7, 11) is 0. The zero-order chi connectivity index (χ0) is 18.5. The van der Waals surface area contributed by atoms with Gasteiger partial charge in [-0.2, -0.15) is 0 Å². The van der Waals surface area contributed by atoms with Gasteiger partial charge in [0.15, 0.2) is 17.8 Å². The molecule has 4 rings (SSSR count). The molecular formula is C19H15ClF2O4. The number of hydrogen-bond acceptors (Lipinski definition) is 4. The van der Waals surface area contributed by atoms with E-state index in [1.54, 1.807) is 18.2 Å². The Kier molecular flexibility index (Phi) is 4.14. The molecule has 0 saturated heterocycles. The molecule has 2 aliphatic heterocycles. The molecule has 0 bridgehead atoms. The van der Waals surface area contributed by atoms with E-state index in [1.807, 2.05) is 6.08 Å². The van der Waals surface area contributed by atoms with Crippen LogP contribution >= 0.6 is 11.6 Å². The summed E-state index contributed by atoms with van der Waals surface area (Å²) in [4.78, 5) is 0. The van der Waals surface area contributed by atoms with Crippen molar-refractivity contribution in [2.75, 3.05) is 6.61 Å². The number of aliphatic hydroxyl groups excluding tert-OH is 1. The Morgan fingerprint density at radius 3 is 2.58 bits per heavy atom. The van der Waals surface area contributed by atoms with Crippen molar-refractivity contribution < 1.29 is 28.1 Å². The van der Waals surface area contributed by atoms with Gasteiger partial charge in [-0.05, 0) is 23.8 Å². The quantitative estimate of drug-likeness (QED) is 0.839. The van der Waals surface area contributed by atoms with E-state index in [9.17, 15) is 13.9 Å². The van der Waals surface area contributed by atoms with Gasteiger partial charge in [0.05, 0.1) is 6.61 Å². The molecule has 2 unspecified atom stereocenters. The van der Waals surface area contributed by atoms with Gasteiger partial charge >= 0.3 is 0 Å². The molecule has 0 amide bonds. The van der Waals surface area contributed by atoms with Crippen LogP contribution in [0.3, 0.4) is 0 Å². The molecule has 2 atom stereocenters. The van der Waals surface area contributed by atoms with Crippen LogP contribution in [-0.2, 0) is 10.5 Å². The molecule has 1 N–H and O–H groups in total. The molecule has 136 valence electrons. The van der Waals surface area contributed by atoms with Gasteiger partial charge in [-0.25, -0.2) is 8.78 Å². The molecule has 0 saturated carbocycles. The minimum atomic E-state index is -1.67. The van der Waals surface area contributed by atoms with Gasteiger partial charge in [-0.15, -0.1) is 0 Å². The Hall–Kier alpha value is -2.15. The summed E-state index contributed by atoms with van der Waals surface area (Å²) in [5.74, 6) is -2.64. The third-order valence-electron chi connectivity index (χ3n) is 4.38. The van der Waals surface area contributed by atoms with E-state index < -0.39 is 23.7 Å². The van der Waals surface area contributed by atoms with Gasteiger partial charge in [0.2, 0.25) is 0 Å². The minimum Gasteiger partial charge on any atom is -0.444 e. The fourth-order valence-electron chi connectivity index (χ4n) is 3.20. The topological polar surface area (TPSA) is 47.9 Å².